The molecule has 1 N–H and O–H groups in total. The van der Waals surface area contributed by atoms with Crippen LogP contribution in [0, 0.1) is 0 Å². The molecule has 0 atom stereocenters. The highest BCUT2D eigenvalue weighted by molar-refractivity contribution is 7.80. The van der Waals surface area contributed by atoms with Gasteiger partial charge in [-0.25, -0.2) is 0 Å². The Morgan fingerprint density at radius 2 is 2.00 bits per heavy atom. The number of rotatable bonds is 2. The van der Waals surface area contributed by atoms with E-state index in [-0.39, 0.29) is 0 Å². The summed E-state index contributed by atoms with van der Waals surface area (Å²) in [5.74, 6) is 1.64. The van der Waals surface area contributed by atoms with Crippen molar-refractivity contribution >= 4 is 17.3 Å². The van der Waals surface area contributed by atoms with Gasteiger partial charge in [-0.05, 0) is 42.8 Å². The summed E-state index contributed by atoms with van der Waals surface area (Å²) in [5.41, 5.74) is 1.15. The first-order chi connectivity index (χ1) is 8.83. The van der Waals surface area contributed by atoms with Gasteiger partial charge in [0.25, 0.3) is 0 Å². The fourth-order valence-electron chi connectivity index (χ4n) is 2.26. The first-order valence-electron chi connectivity index (χ1n) is 6.24. The highest BCUT2D eigenvalue weighted by atomic mass is 32.1. The van der Waals surface area contributed by atoms with Crippen LogP contribution in [-0.4, -0.2) is 29.9 Å². The van der Waals surface area contributed by atoms with E-state index in [1.165, 1.54) is 12.8 Å². The number of hydrogen-bond acceptors (Lipinski definition) is 3. The van der Waals surface area contributed by atoms with Crippen LogP contribution in [-0.2, 0) is 6.54 Å². The summed E-state index contributed by atoms with van der Waals surface area (Å²) in [6.45, 7) is 3.20. The molecule has 0 aliphatic carbocycles. The van der Waals surface area contributed by atoms with E-state index in [0.717, 1.165) is 41.8 Å². The van der Waals surface area contributed by atoms with Gasteiger partial charge in [-0.2, -0.15) is 0 Å². The Hall–Kier alpha value is -1.49. The Morgan fingerprint density at radius 3 is 2.83 bits per heavy atom. The van der Waals surface area contributed by atoms with Crippen LogP contribution in [0.1, 0.15) is 18.4 Å². The smallest absolute Gasteiger partial charge is 0.231 e. The van der Waals surface area contributed by atoms with E-state index in [1.54, 1.807) is 0 Å². The van der Waals surface area contributed by atoms with Crippen molar-refractivity contribution in [2.45, 2.75) is 19.4 Å². The molecule has 3 rings (SSSR count). The number of thiocarbonyl (C=S) groups is 1. The van der Waals surface area contributed by atoms with Crippen LogP contribution >= 0.6 is 12.2 Å². The van der Waals surface area contributed by atoms with Crippen molar-refractivity contribution in [2.24, 2.45) is 0 Å². The molecule has 2 heterocycles. The third-order valence-corrected chi connectivity index (χ3v) is 3.68. The van der Waals surface area contributed by atoms with E-state index in [9.17, 15) is 0 Å². The molecule has 1 saturated heterocycles. The number of ether oxygens (including phenoxy) is 2. The molecule has 0 saturated carbocycles. The predicted molar refractivity (Wildman–Crippen MR) is 72.8 cm³/mol. The minimum atomic E-state index is 0.318. The number of nitrogens with one attached hydrogen (secondary N) is 1. The molecule has 1 aromatic carbocycles. The lowest BCUT2D eigenvalue weighted by Crippen LogP contribution is -2.37. The van der Waals surface area contributed by atoms with Gasteiger partial charge in [0.15, 0.2) is 16.6 Å². The molecule has 0 bridgehead atoms. The zero-order valence-electron chi connectivity index (χ0n) is 10.1. The second-order valence-electron chi connectivity index (χ2n) is 4.54. The number of fused-ring (bicyclic) bond motifs is 1. The number of likely N-dealkylation sites (tertiary alicyclic amines) is 1. The second-order valence-corrected chi connectivity index (χ2v) is 4.93. The Morgan fingerprint density at radius 1 is 1.22 bits per heavy atom. The summed E-state index contributed by atoms with van der Waals surface area (Å²) >= 11 is 5.37. The Kier molecular flexibility index (Phi) is 3.23. The third kappa shape index (κ3) is 2.36. The Balaban J connectivity index is 1.58. The number of hydrogen-bond donors (Lipinski definition) is 1. The van der Waals surface area contributed by atoms with Crippen LogP contribution in [0.5, 0.6) is 11.5 Å². The van der Waals surface area contributed by atoms with E-state index in [2.05, 4.69) is 10.2 Å². The van der Waals surface area contributed by atoms with Gasteiger partial charge in [0.2, 0.25) is 6.79 Å². The molecule has 1 aromatic rings. The van der Waals surface area contributed by atoms with Gasteiger partial charge in [0.05, 0.1) is 0 Å². The van der Waals surface area contributed by atoms with Crippen LogP contribution in [0.3, 0.4) is 0 Å². The average molecular weight is 264 g/mol. The van der Waals surface area contributed by atoms with Gasteiger partial charge in [0.1, 0.15) is 0 Å². The SMILES string of the molecule is S=C(NCc1ccc2c(c1)OCO2)N1CCCC1. The van der Waals surface area contributed by atoms with E-state index >= 15 is 0 Å². The highest BCUT2D eigenvalue weighted by Crippen LogP contribution is 2.32. The van der Waals surface area contributed by atoms with Gasteiger partial charge in [-0.1, -0.05) is 6.07 Å². The molecule has 0 radical (unpaired) electrons. The maximum absolute atomic E-state index is 5.37. The highest BCUT2D eigenvalue weighted by Gasteiger charge is 2.15. The summed E-state index contributed by atoms with van der Waals surface area (Å²) in [7, 11) is 0. The molecular formula is C13H16N2O2S. The molecule has 18 heavy (non-hydrogen) atoms. The largest absolute Gasteiger partial charge is 0.454 e. The number of nitrogens with zero attached hydrogens (tertiary/aromatic N) is 1. The molecule has 2 aliphatic heterocycles. The van der Waals surface area contributed by atoms with Gasteiger partial charge in [0, 0.05) is 19.6 Å². The standard InChI is InChI=1S/C13H16N2O2S/c18-13(15-5-1-2-6-15)14-8-10-3-4-11-12(7-10)17-9-16-11/h3-4,7H,1-2,5-6,8-9H2,(H,14,18). The van der Waals surface area contributed by atoms with Crippen molar-refractivity contribution < 1.29 is 9.47 Å². The topological polar surface area (TPSA) is 33.7 Å². The van der Waals surface area contributed by atoms with Crippen molar-refractivity contribution in [1.29, 1.82) is 0 Å². The average Bonchev–Trinajstić information content (AvgIpc) is 3.05. The van der Waals surface area contributed by atoms with Crippen LogP contribution in [0.25, 0.3) is 0 Å². The van der Waals surface area contributed by atoms with Gasteiger partial charge >= 0.3 is 0 Å². The van der Waals surface area contributed by atoms with Crippen LogP contribution in [0.4, 0.5) is 0 Å². The zero-order valence-corrected chi connectivity index (χ0v) is 11.0. The lowest BCUT2D eigenvalue weighted by atomic mass is 10.2. The Labute approximate surface area is 112 Å². The fraction of sp³-hybridized carbons (Fsp3) is 0.462. The van der Waals surface area contributed by atoms with Crippen molar-refractivity contribution in [2.75, 3.05) is 19.9 Å². The fourth-order valence-corrected chi connectivity index (χ4v) is 2.52. The normalized spacial score (nSPS) is 17.0. The lowest BCUT2D eigenvalue weighted by Gasteiger charge is -2.19. The molecule has 2 aliphatic rings. The van der Waals surface area contributed by atoms with Gasteiger partial charge < -0.3 is 19.7 Å². The van der Waals surface area contributed by atoms with Crippen LogP contribution in [0.2, 0.25) is 0 Å². The molecule has 0 aromatic heterocycles. The molecule has 0 unspecified atom stereocenters. The van der Waals surface area contributed by atoms with Crippen LogP contribution < -0.4 is 14.8 Å². The van der Waals surface area contributed by atoms with Crippen LogP contribution in [0.15, 0.2) is 18.2 Å². The van der Waals surface area contributed by atoms with E-state index < -0.39 is 0 Å². The van der Waals surface area contributed by atoms with Crippen molar-refractivity contribution in [3.05, 3.63) is 23.8 Å². The number of benzene rings is 1. The van der Waals surface area contributed by atoms with Gasteiger partial charge in [-0.3, -0.25) is 0 Å². The summed E-state index contributed by atoms with van der Waals surface area (Å²) in [5, 5.41) is 4.15. The van der Waals surface area contributed by atoms with Crippen molar-refractivity contribution in [3.63, 3.8) is 0 Å². The monoisotopic (exact) mass is 264 g/mol. The van der Waals surface area contributed by atoms with E-state index in [0.29, 0.717) is 6.79 Å². The molecule has 4 nitrogen and oxygen atoms in total. The summed E-state index contributed by atoms with van der Waals surface area (Å²) in [6, 6.07) is 5.98. The summed E-state index contributed by atoms with van der Waals surface area (Å²) in [6.07, 6.45) is 2.48. The van der Waals surface area contributed by atoms with Crippen molar-refractivity contribution in [3.8, 4) is 11.5 Å². The molecular weight excluding hydrogens is 248 g/mol. The molecule has 96 valence electrons. The molecule has 1 fully saturated rings. The lowest BCUT2D eigenvalue weighted by molar-refractivity contribution is 0.174. The molecule has 5 heteroatoms. The minimum absolute atomic E-state index is 0.318. The van der Waals surface area contributed by atoms with E-state index in [4.69, 9.17) is 21.7 Å². The Bertz CT molecular complexity index is 458. The maximum atomic E-state index is 5.37. The van der Waals surface area contributed by atoms with Gasteiger partial charge in [-0.15, -0.1) is 0 Å². The van der Waals surface area contributed by atoms with Crippen molar-refractivity contribution in [1.82, 2.24) is 10.2 Å². The second kappa shape index (κ2) is 5.02. The third-order valence-electron chi connectivity index (χ3n) is 3.27. The molecule has 0 spiro atoms. The minimum Gasteiger partial charge on any atom is -0.454 e. The maximum Gasteiger partial charge on any atom is 0.231 e. The molecule has 0 amide bonds. The first kappa shape index (κ1) is 11.6. The quantitative estimate of drug-likeness (QED) is 0.825. The summed E-state index contributed by atoms with van der Waals surface area (Å²) in [4.78, 5) is 2.22. The predicted octanol–water partition coefficient (Wildman–Crippen LogP) is 1.89. The summed E-state index contributed by atoms with van der Waals surface area (Å²) < 4.78 is 10.6. The zero-order chi connectivity index (χ0) is 12.4. The van der Waals surface area contributed by atoms with E-state index in [1.807, 2.05) is 18.2 Å². The first-order valence-corrected chi connectivity index (χ1v) is 6.65.